The van der Waals surface area contributed by atoms with Gasteiger partial charge in [-0.1, -0.05) is 18.2 Å². The van der Waals surface area contributed by atoms with Crippen LogP contribution in [0, 0.1) is 0 Å². The highest BCUT2D eigenvalue weighted by Gasteiger charge is 2.20. The smallest absolute Gasteiger partial charge is 0.219 e. The van der Waals surface area contributed by atoms with Crippen molar-refractivity contribution in [2.75, 3.05) is 46.4 Å². The highest BCUT2D eigenvalue weighted by Crippen LogP contribution is 2.11. The molecule has 1 amide bonds. The van der Waals surface area contributed by atoms with Gasteiger partial charge in [-0.2, -0.15) is 0 Å². The number of methoxy groups -OCH3 is 1. The Morgan fingerprint density at radius 3 is 2.44 bits per heavy atom. The van der Waals surface area contributed by atoms with Crippen molar-refractivity contribution in [2.45, 2.75) is 13.3 Å². The number of ether oxygens (including phenoxy) is 1. The Morgan fingerprint density at radius 2 is 1.88 bits per heavy atom. The Kier molecular flexibility index (Phi) is 7.32. The average Bonchev–Trinajstić information content (AvgIpc) is 2.65. The molecule has 0 unspecified atom stereocenters. The molecule has 2 rings (SSSR count). The number of hydrogen-bond donors (Lipinski definition) is 1. The first-order valence-corrected chi connectivity index (χ1v) is 8.66. The lowest BCUT2D eigenvalue weighted by Gasteiger charge is -2.36. The molecule has 1 aromatic carbocycles. The van der Waals surface area contributed by atoms with Crippen LogP contribution in [0.5, 0.6) is 5.75 Å². The molecule has 0 radical (unpaired) electrons. The van der Waals surface area contributed by atoms with Gasteiger partial charge >= 0.3 is 0 Å². The molecule has 0 aromatic heterocycles. The fraction of sp³-hybridized carbons (Fsp3) is 0.474. The Morgan fingerprint density at radius 1 is 1.24 bits per heavy atom. The van der Waals surface area contributed by atoms with Gasteiger partial charge in [-0.05, 0) is 24.1 Å². The van der Waals surface area contributed by atoms with Crippen LogP contribution < -0.4 is 10.1 Å². The minimum atomic E-state index is 0.136. The molecule has 6 heteroatoms. The molecule has 1 heterocycles. The first kappa shape index (κ1) is 18.8. The van der Waals surface area contributed by atoms with E-state index < -0.39 is 0 Å². The zero-order valence-electron chi connectivity index (χ0n) is 15.2. The van der Waals surface area contributed by atoms with Crippen molar-refractivity contribution in [3.8, 4) is 5.75 Å². The van der Waals surface area contributed by atoms with Crippen LogP contribution in [0.1, 0.15) is 12.5 Å². The maximum absolute atomic E-state index is 11.5. The molecule has 0 atom stereocenters. The number of aliphatic imine (C=N–C) groups is 1. The lowest BCUT2D eigenvalue weighted by molar-refractivity contribution is -0.130. The van der Waals surface area contributed by atoms with Crippen molar-refractivity contribution in [3.63, 3.8) is 0 Å². The number of guanidine groups is 1. The number of carbonyl (C=O) groups is 1. The standard InChI is InChI=1S/C19H28N4O2/c1-4-10-20-19(23-14-12-22(13-15-23)16(2)24)21-11-9-17-5-7-18(25-3)8-6-17/h4-8H,1,9-15H2,2-3H3,(H,20,21). The van der Waals surface area contributed by atoms with Gasteiger partial charge in [-0.25, -0.2) is 0 Å². The quantitative estimate of drug-likeness (QED) is 0.483. The number of amides is 1. The first-order valence-electron chi connectivity index (χ1n) is 8.66. The summed E-state index contributed by atoms with van der Waals surface area (Å²) in [6.07, 6.45) is 2.70. The molecule has 0 bridgehead atoms. The van der Waals surface area contributed by atoms with Gasteiger partial charge in [0.25, 0.3) is 0 Å². The molecule has 25 heavy (non-hydrogen) atoms. The number of nitrogens with one attached hydrogen (secondary N) is 1. The van der Waals surface area contributed by atoms with Crippen LogP contribution in [0.25, 0.3) is 0 Å². The van der Waals surface area contributed by atoms with E-state index in [4.69, 9.17) is 9.73 Å². The summed E-state index contributed by atoms with van der Waals surface area (Å²) in [7, 11) is 1.67. The SMILES string of the molecule is C=CCNC(=NCCc1ccc(OC)cc1)N1CCN(C(C)=O)CC1. The van der Waals surface area contributed by atoms with E-state index in [9.17, 15) is 4.79 Å². The number of hydrogen-bond acceptors (Lipinski definition) is 3. The monoisotopic (exact) mass is 344 g/mol. The van der Waals surface area contributed by atoms with E-state index in [1.54, 1.807) is 14.0 Å². The highest BCUT2D eigenvalue weighted by atomic mass is 16.5. The van der Waals surface area contributed by atoms with E-state index in [0.29, 0.717) is 13.1 Å². The van der Waals surface area contributed by atoms with Gasteiger partial charge in [0.05, 0.1) is 7.11 Å². The summed E-state index contributed by atoms with van der Waals surface area (Å²) in [6.45, 7) is 9.83. The minimum Gasteiger partial charge on any atom is -0.497 e. The zero-order valence-corrected chi connectivity index (χ0v) is 15.2. The van der Waals surface area contributed by atoms with Crippen LogP contribution in [-0.4, -0.2) is 68.0 Å². The third-order valence-electron chi connectivity index (χ3n) is 4.25. The van der Waals surface area contributed by atoms with Crippen molar-refractivity contribution in [1.29, 1.82) is 0 Å². The molecular formula is C19H28N4O2. The van der Waals surface area contributed by atoms with Crippen molar-refractivity contribution >= 4 is 11.9 Å². The third-order valence-corrected chi connectivity index (χ3v) is 4.25. The molecule has 6 nitrogen and oxygen atoms in total. The molecule has 1 saturated heterocycles. The zero-order chi connectivity index (χ0) is 18.1. The van der Waals surface area contributed by atoms with Gasteiger partial charge in [0.2, 0.25) is 5.91 Å². The summed E-state index contributed by atoms with van der Waals surface area (Å²) < 4.78 is 5.18. The minimum absolute atomic E-state index is 0.136. The lowest BCUT2D eigenvalue weighted by atomic mass is 10.1. The molecule has 1 aliphatic heterocycles. The Bertz CT molecular complexity index is 590. The summed E-state index contributed by atoms with van der Waals surface area (Å²) in [4.78, 5) is 20.3. The van der Waals surface area contributed by atoms with Crippen LogP contribution in [0.2, 0.25) is 0 Å². The summed E-state index contributed by atoms with van der Waals surface area (Å²) >= 11 is 0. The first-order chi connectivity index (χ1) is 12.1. The number of carbonyl (C=O) groups excluding carboxylic acids is 1. The summed E-state index contributed by atoms with van der Waals surface area (Å²) in [5.41, 5.74) is 1.23. The molecule has 136 valence electrons. The Balaban J connectivity index is 1.92. The fourth-order valence-corrected chi connectivity index (χ4v) is 2.75. The third kappa shape index (κ3) is 5.81. The van der Waals surface area contributed by atoms with Gasteiger partial charge in [0.15, 0.2) is 5.96 Å². The maximum Gasteiger partial charge on any atom is 0.219 e. The average molecular weight is 344 g/mol. The largest absolute Gasteiger partial charge is 0.497 e. The van der Waals surface area contributed by atoms with E-state index in [-0.39, 0.29) is 5.91 Å². The highest BCUT2D eigenvalue weighted by molar-refractivity contribution is 5.80. The molecule has 1 aromatic rings. The van der Waals surface area contributed by atoms with Crippen molar-refractivity contribution in [2.24, 2.45) is 4.99 Å². The molecule has 0 aliphatic carbocycles. The molecular weight excluding hydrogens is 316 g/mol. The summed E-state index contributed by atoms with van der Waals surface area (Å²) in [6, 6.07) is 8.07. The number of piperazine rings is 1. The van der Waals surface area contributed by atoms with Gasteiger partial charge in [0, 0.05) is 46.2 Å². The normalized spacial score (nSPS) is 15.0. The van der Waals surface area contributed by atoms with Gasteiger partial charge in [-0.3, -0.25) is 9.79 Å². The van der Waals surface area contributed by atoms with Crippen LogP contribution in [-0.2, 0) is 11.2 Å². The number of rotatable bonds is 6. The maximum atomic E-state index is 11.5. The topological polar surface area (TPSA) is 57.2 Å². The second kappa shape index (κ2) is 9.71. The summed E-state index contributed by atoms with van der Waals surface area (Å²) in [5.74, 6) is 1.89. The summed E-state index contributed by atoms with van der Waals surface area (Å²) in [5, 5.41) is 3.32. The van der Waals surface area contributed by atoms with Crippen LogP contribution in [0.4, 0.5) is 0 Å². The predicted octanol–water partition coefficient (Wildman–Crippen LogP) is 1.53. The Labute approximate surface area is 150 Å². The van der Waals surface area contributed by atoms with E-state index >= 15 is 0 Å². The number of benzene rings is 1. The van der Waals surface area contributed by atoms with Crippen molar-refractivity contribution in [3.05, 3.63) is 42.5 Å². The second-order valence-corrected chi connectivity index (χ2v) is 5.97. The Hall–Kier alpha value is -2.50. The number of nitrogens with zero attached hydrogens (tertiary/aromatic N) is 3. The fourth-order valence-electron chi connectivity index (χ4n) is 2.75. The lowest BCUT2D eigenvalue weighted by Crippen LogP contribution is -2.53. The molecule has 1 N–H and O–H groups in total. The van der Waals surface area contributed by atoms with Gasteiger partial charge < -0.3 is 19.9 Å². The van der Waals surface area contributed by atoms with E-state index in [2.05, 4.69) is 28.9 Å². The van der Waals surface area contributed by atoms with Crippen molar-refractivity contribution in [1.82, 2.24) is 15.1 Å². The van der Waals surface area contributed by atoms with Crippen LogP contribution in [0.15, 0.2) is 41.9 Å². The van der Waals surface area contributed by atoms with E-state index in [1.807, 2.05) is 23.1 Å². The predicted molar refractivity (Wildman–Crippen MR) is 101 cm³/mol. The second-order valence-electron chi connectivity index (χ2n) is 5.97. The molecule has 1 fully saturated rings. The molecule has 0 saturated carbocycles. The van der Waals surface area contributed by atoms with Crippen LogP contribution >= 0.6 is 0 Å². The van der Waals surface area contributed by atoms with E-state index in [0.717, 1.165) is 44.3 Å². The van der Waals surface area contributed by atoms with Gasteiger partial charge in [0.1, 0.15) is 5.75 Å². The molecule has 1 aliphatic rings. The van der Waals surface area contributed by atoms with Gasteiger partial charge in [-0.15, -0.1) is 6.58 Å². The van der Waals surface area contributed by atoms with Crippen molar-refractivity contribution < 1.29 is 9.53 Å². The molecule has 0 spiro atoms. The van der Waals surface area contributed by atoms with Crippen LogP contribution in [0.3, 0.4) is 0 Å². The van der Waals surface area contributed by atoms with E-state index in [1.165, 1.54) is 5.56 Å².